The number of benzene rings is 1. The van der Waals surface area contributed by atoms with E-state index >= 15 is 0 Å². The summed E-state index contributed by atoms with van der Waals surface area (Å²) in [5, 5.41) is 9.26. The quantitative estimate of drug-likeness (QED) is 0.0927. The molecule has 12 nitrogen and oxygen atoms in total. The summed E-state index contributed by atoms with van der Waals surface area (Å²) in [6.07, 6.45) is 1.30. The van der Waals surface area contributed by atoms with Crippen LogP contribution in [-0.2, 0) is 39.9 Å². The number of carbonyl (C=O) groups excluding carboxylic acids is 5. The Bertz CT molecular complexity index is 1410. The minimum absolute atomic E-state index is 0.0177. The molecule has 332 valence electrons. The predicted octanol–water partition coefficient (Wildman–Crippen LogP) is 5.56. The Kier molecular flexibility index (Phi) is 23.2. The lowest BCUT2D eigenvalue weighted by Crippen LogP contribution is -2.59. The molecule has 4 unspecified atom stereocenters. The van der Waals surface area contributed by atoms with Gasteiger partial charge in [-0.2, -0.15) is 0 Å². The van der Waals surface area contributed by atoms with E-state index in [4.69, 9.17) is 9.47 Å². The second kappa shape index (κ2) is 25.4. The zero-order valence-electron chi connectivity index (χ0n) is 38.9. The summed E-state index contributed by atoms with van der Waals surface area (Å²) in [4.78, 5) is 74.1. The van der Waals surface area contributed by atoms with E-state index < -0.39 is 53.6 Å². The van der Waals surface area contributed by atoms with Crippen molar-refractivity contribution < 1.29 is 33.4 Å². The van der Waals surface area contributed by atoms with Gasteiger partial charge in [-0.3, -0.25) is 28.9 Å². The van der Waals surface area contributed by atoms with Gasteiger partial charge in [-0.1, -0.05) is 106 Å². The van der Waals surface area contributed by atoms with Gasteiger partial charge in [0.15, 0.2) is 5.78 Å². The average molecular weight is 816 g/mol. The molecular weight excluding hydrogens is 735 g/mol. The first-order valence-corrected chi connectivity index (χ1v) is 21.5. The largest absolute Gasteiger partial charge is 0.380 e. The van der Waals surface area contributed by atoms with Gasteiger partial charge in [0, 0.05) is 39.0 Å². The molecule has 0 radical (unpaired) electrons. The molecule has 0 spiro atoms. The number of likely N-dealkylation sites (N-methyl/N-ethyl adjacent to an activating group) is 2. The van der Waals surface area contributed by atoms with Crippen LogP contribution >= 0.6 is 0 Å². The van der Waals surface area contributed by atoms with E-state index in [2.05, 4.69) is 16.0 Å². The second-order valence-electron chi connectivity index (χ2n) is 17.8. The molecule has 1 rings (SSSR count). The lowest BCUT2D eigenvalue weighted by molar-refractivity contribution is -0.146. The Hall–Kier alpha value is -3.19. The van der Waals surface area contributed by atoms with Gasteiger partial charge in [0.1, 0.15) is 11.8 Å². The Morgan fingerprint density at radius 2 is 1.43 bits per heavy atom. The molecule has 9 atom stereocenters. The number of methoxy groups -OCH3 is 2. The van der Waals surface area contributed by atoms with Gasteiger partial charge < -0.3 is 30.3 Å². The van der Waals surface area contributed by atoms with E-state index in [-0.39, 0.29) is 53.5 Å². The van der Waals surface area contributed by atoms with Crippen LogP contribution in [0.2, 0.25) is 0 Å². The molecule has 0 heterocycles. The Morgan fingerprint density at radius 1 is 0.828 bits per heavy atom. The van der Waals surface area contributed by atoms with Crippen LogP contribution in [0.25, 0.3) is 0 Å². The van der Waals surface area contributed by atoms with Crippen LogP contribution in [-0.4, -0.2) is 124 Å². The summed E-state index contributed by atoms with van der Waals surface area (Å²) in [7, 11) is 10.4. The van der Waals surface area contributed by atoms with Crippen LogP contribution in [0.4, 0.5) is 0 Å². The third kappa shape index (κ3) is 15.1. The maximum Gasteiger partial charge on any atom is 0.245 e. The molecule has 3 amide bonds. The van der Waals surface area contributed by atoms with Crippen LogP contribution in [0.15, 0.2) is 30.3 Å². The van der Waals surface area contributed by atoms with E-state index in [9.17, 15) is 24.0 Å². The van der Waals surface area contributed by atoms with E-state index in [1.165, 1.54) is 7.11 Å². The topological polar surface area (TPSA) is 146 Å². The monoisotopic (exact) mass is 816 g/mol. The average Bonchev–Trinajstić information content (AvgIpc) is 3.17. The van der Waals surface area contributed by atoms with E-state index in [1.54, 1.807) is 26.0 Å². The van der Waals surface area contributed by atoms with Crippen molar-refractivity contribution in [2.24, 2.45) is 35.0 Å². The summed E-state index contributed by atoms with van der Waals surface area (Å²) < 4.78 is 12.1. The molecule has 0 aliphatic carbocycles. The molecular formula is C46H81N5O7. The fourth-order valence-electron chi connectivity index (χ4n) is 8.07. The smallest absolute Gasteiger partial charge is 0.245 e. The molecule has 1 aromatic rings. The number of nitrogens with zero attached hydrogens (tertiary/aromatic N) is 2. The molecule has 0 bridgehead atoms. The molecule has 58 heavy (non-hydrogen) atoms. The Balaban J connectivity index is 3.53. The first-order valence-electron chi connectivity index (χ1n) is 21.5. The van der Waals surface area contributed by atoms with Crippen molar-refractivity contribution in [1.29, 1.82) is 0 Å². The molecule has 3 N–H and O–H groups in total. The number of hydrogen-bond donors (Lipinski definition) is 3. The molecule has 0 saturated heterocycles. The molecule has 0 saturated carbocycles. The number of carbonyl (C=O) groups is 5. The van der Waals surface area contributed by atoms with E-state index in [0.717, 1.165) is 5.56 Å². The molecule has 0 aromatic heterocycles. The minimum atomic E-state index is -0.791. The highest BCUT2D eigenvalue weighted by Gasteiger charge is 2.42. The van der Waals surface area contributed by atoms with Crippen molar-refractivity contribution in [1.82, 2.24) is 25.8 Å². The van der Waals surface area contributed by atoms with Crippen LogP contribution in [0, 0.1) is 35.0 Å². The second-order valence-corrected chi connectivity index (χ2v) is 17.8. The van der Waals surface area contributed by atoms with Crippen molar-refractivity contribution in [2.75, 3.05) is 49.0 Å². The third-order valence-corrected chi connectivity index (χ3v) is 12.2. The number of ether oxygens (including phenoxy) is 2. The lowest BCUT2D eigenvalue weighted by atomic mass is 9.79. The fraction of sp³-hybridized carbons (Fsp3) is 0.761. The molecule has 0 aliphatic rings. The molecule has 1 aromatic carbocycles. The van der Waals surface area contributed by atoms with Crippen LogP contribution in [0.3, 0.4) is 0 Å². The van der Waals surface area contributed by atoms with Crippen LogP contribution in [0.5, 0.6) is 0 Å². The van der Waals surface area contributed by atoms with Crippen LogP contribution in [0.1, 0.15) is 107 Å². The van der Waals surface area contributed by atoms with Gasteiger partial charge in [0.2, 0.25) is 17.7 Å². The SMILES string of the molecule is CC[C@H](C)C([C@@H](CC(=O)C(CCCNC)[C@H](OC)[C@@H](C)C(=O)N[C@@H](Cc1ccccc1)C(=O)C(C)(C)CC)OC)N(C)C(=O)C(NC(=O)C(C(C)C)N(C)C)C(C)C. The van der Waals surface area contributed by atoms with Crippen molar-refractivity contribution in [3.63, 3.8) is 0 Å². The minimum Gasteiger partial charge on any atom is -0.380 e. The number of hydrogen-bond acceptors (Lipinski definition) is 9. The fourth-order valence-corrected chi connectivity index (χ4v) is 8.07. The van der Waals surface area contributed by atoms with Crippen molar-refractivity contribution >= 4 is 29.3 Å². The highest BCUT2D eigenvalue weighted by atomic mass is 16.5. The highest BCUT2D eigenvalue weighted by molar-refractivity contribution is 5.94. The normalized spacial score (nSPS) is 16.8. The van der Waals surface area contributed by atoms with E-state index in [0.29, 0.717) is 38.6 Å². The Labute approximate surface area is 351 Å². The number of nitrogens with one attached hydrogen (secondary N) is 3. The standard InChI is InChI=1S/C46H81N5O7/c1-17-31(7)40(51(14)45(56)38(29(3)4)49-44(55)39(30(5)6)50(12)13)37(57-15)28-36(52)34(25-22-26-47-11)41(58-16)32(8)43(54)48-35(42(53)46(9,10)18-2)27-33-23-20-19-21-24-33/h19-21,23-24,29-32,34-35,37-41,47H,17-18,22,25-28H2,1-16H3,(H,48,54)(H,49,55)/t31-,32+,34?,35-,37+,38?,39?,40?,41+/m0/s1. The number of amides is 3. The van der Waals surface area contributed by atoms with Gasteiger partial charge in [-0.05, 0) is 76.7 Å². The number of Topliss-reactive ketones (excluding diaryl/α,β-unsaturated/α-hetero) is 2. The highest BCUT2D eigenvalue weighted by Crippen LogP contribution is 2.30. The summed E-state index contributed by atoms with van der Waals surface area (Å²) in [5.74, 6) is -2.67. The van der Waals surface area contributed by atoms with E-state index in [1.807, 2.05) is 119 Å². The third-order valence-electron chi connectivity index (χ3n) is 12.2. The van der Waals surface area contributed by atoms with Gasteiger partial charge >= 0.3 is 0 Å². The van der Waals surface area contributed by atoms with Gasteiger partial charge in [-0.15, -0.1) is 0 Å². The lowest BCUT2D eigenvalue weighted by Gasteiger charge is -2.41. The predicted molar refractivity (Wildman–Crippen MR) is 233 cm³/mol. The number of rotatable bonds is 28. The molecule has 12 heteroatoms. The van der Waals surface area contributed by atoms with Gasteiger partial charge in [0.25, 0.3) is 0 Å². The molecule has 0 aliphatic heterocycles. The van der Waals surface area contributed by atoms with Crippen molar-refractivity contribution in [3.8, 4) is 0 Å². The van der Waals surface area contributed by atoms with Crippen LogP contribution < -0.4 is 16.0 Å². The van der Waals surface area contributed by atoms with Crippen molar-refractivity contribution in [3.05, 3.63) is 35.9 Å². The summed E-state index contributed by atoms with van der Waals surface area (Å²) in [5.41, 5.74) is 0.284. The molecule has 0 fully saturated rings. The first kappa shape index (κ1) is 52.8. The van der Waals surface area contributed by atoms with Gasteiger partial charge in [0.05, 0.1) is 36.3 Å². The summed E-state index contributed by atoms with van der Waals surface area (Å²) in [6, 6.07) is 7.18. The van der Waals surface area contributed by atoms with Gasteiger partial charge in [-0.25, -0.2) is 0 Å². The zero-order valence-corrected chi connectivity index (χ0v) is 38.9. The maximum atomic E-state index is 14.6. The summed E-state index contributed by atoms with van der Waals surface area (Å²) in [6.45, 7) is 20.0. The summed E-state index contributed by atoms with van der Waals surface area (Å²) >= 11 is 0. The first-order chi connectivity index (χ1) is 27.1. The maximum absolute atomic E-state index is 14.6. The Morgan fingerprint density at radius 3 is 1.90 bits per heavy atom. The zero-order chi connectivity index (χ0) is 44.5. The number of ketones is 2. The van der Waals surface area contributed by atoms with Crippen molar-refractivity contribution in [2.45, 2.75) is 144 Å².